The molecular weight excluding hydrogens is 254 g/mol. The molecule has 1 N–H and O–H groups in total. The lowest BCUT2D eigenvalue weighted by Gasteiger charge is -2.20. The minimum Gasteiger partial charge on any atom is -0.456 e. The van der Waals surface area contributed by atoms with Crippen LogP contribution >= 0.6 is 11.6 Å². The summed E-state index contributed by atoms with van der Waals surface area (Å²) < 4.78 is 5.22. The number of benzene rings is 1. The second-order valence-corrected chi connectivity index (χ2v) is 5.18. The Morgan fingerprint density at radius 1 is 1.28 bits per heavy atom. The van der Waals surface area contributed by atoms with Gasteiger partial charge in [-0.25, -0.2) is 4.79 Å². The maximum absolute atomic E-state index is 11.9. The van der Waals surface area contributed by atoms with E-state index in [4.69, 9.17) is 16.3 Å². The summed E-state index contributed by atoms with van der Waals surface area (Å²) in [6.45, 7) is 5.30. The summed E-state index contributed by atoms with van der Waals surface area (Å²) in [5, 5.41) is 2.74. The Morgan fingerprint density at radius 3 is 2.39 bits per heavy atom. The van der Waals surface area contributed by atoms with Crippen molar-refractivity contribution in [2.45, 2.75) is 26.4 Å². The van der Waals surface area contributed by atoms with Crippen molar-refractivity contribution in [3.8, 4) is 0 Å². The van der Waals surface area contributed by atoms with E-state index in [0.717, 1.165) is 0 Å². The molecule has 1 rings (SSSR count). The average Bonchev–Trinajstić information content (AvgIpc) is 2.26. The van der Waals surface area contributed by atoms with E-state index >= 15 is 0 Å². The Balaban J connectivity index is 3.08. The van der Waals surface area contributed by atoms with Crippen LogP contribution in [0.5, 0.6) is 0 Å². The third-order valence-corrected chi connectivity index (χ3v) is 2.40. The van der Waals surface area contributed by atoms with Crippen molar-refractivity contribution in [3.05, 3.63) is 34.3 Å². The predicted octanol–water partition coefficient (Wildman–Crippen LogP) is 2.65. The summed E-state index contributed by atoms with van der Waals surface area (Å²) >= 11 is 5.94. The fourth-order valence-electron chi connectivity index (χ4n) is 1.30. The van der Waals surface area contributed by atoms with Gasteiger partial charge in [0.15, 0.2) is 0 Å². The van der Waals surface area contributed by atoms with Crippen molar-refractivity contribution in [3.63, 3.8) is 0 Å². The topological polar surface area (TPSA) is 55.4 Å². The van der Waals surface area contributed by atoms with Crippen molar-refractivity contribution in [1.29, 1.82) is 0 Å². The first-order valence-corrected chi connectivity index (χ1v) is 5.87. The molecule has 98 valence electrons. The molecule has 0 aliphatic heterocycles. The summed E-state index contributed by atoms with van der Waals surface area (Å²) in [5.74, 6) is -0.824. The van der Waals surface area contributed by atoms with Crippen LogP contribution in [0.2, 0.25) is 5.02 Å². The Bertz CT molecular complexity index is 478. The van der Waals surface area contributed by atoms with E-state index in [1.807, 2.05) is 0 Å². The zero-order valence-electron chi connectivity index (χ0n) is 10.8. The molecule has 0 saturated carbocycles. The third-order valence-electron chi connectivity index (χ3n) is 2.07. The maximum Gasteiger partial charge on any atom is 0.340 e. The quantitative estimate of drug-likeness (QED) is 0.840. The molecule has 0 saturated heterocycles. The molecule has 0 unspecified atom stereocenters. The molecule has 0 spiro atoms. The number of rotatable bonds is 2. The number of nitrogens with one attached hydrogen (secondary N) is 1. The van der Waals surface area contributed by atoms with Gasteiger partial charge in [0.25, 0.3) is 5.91 Å². The van der Waals surface area contributed by atoms with Gasteiger partial charge < -0.3 is 10.1 Å². The monoisotopic (exact) mass is 269 g/mol. The van der Waals surface area contributed by atoms with Crippen LogP contribution < -0.4 is 5.32 Å². The van der Waals surface area contributed by atoms with E-state index in [9.17, 15) is 9.59 Å². The lowest BCUT2D eigenvalue weighted by molar-refractivity contribution is 0.00697. The summed E-state index contributed by atoms with van der Waals surface area (Å²) in [6.07, 6.45) is 0. The van der Waals surface area contributed by atoms with Gasteiger partial charge in [-0.1, -0.05) is 11.6 Å². The minimum absolute atomic E-state index is 0.188. The molecule has 1 amide bonds. The van der Waals surface area contributed by atoms with Crippen molar-refractivity contribution >= 4 is 23.5 Å². The molecule has 4 nitrogen and oxygen atoms in total. The second-order valence-electron chi connectivity index (χ2n) is 4.78. The first-order chi connectivity index (χ1) is 8.24. The minimum atomic E-state index is -0.608. The third kappa shape index (κ3) is 3.74. The normalized spacial score (nSPS) is 10.9. The lowest BCUT2D eigenvalue weighted by Crippen LogP contribution is -2.24. The lowest BCUT2D eigenvalue weighted by atomic mass is 10.1. The van der Waals surface area contributed by atoms with Crippen molar-refractivity contribution in [1.82, 2.24) is 5.32 Å². The molecule has 18 heavy (non-hydrogen) atoms. The summed E-state index contributed by atoms with van der Waals surface area (Å²) in [5.41, 5.74) is -0.0564. The molecule has 0 aliphatic rings. The summed E-state index contributed by atoms with van der Waals surface area (Å²) in [4.78, 5) is 23.4. The van der Waals surface area contributed by atoms with Gasteiger partial charge in [-0.15, -0.1) is 0 Å². The summed E-state index contributed by atoms with van der Waals surface area (Å²) in [7, 11) is 1.52. The number of amides is 1. The molecule has 0 heterocycles. The van der Waals surface area contributed by atoms with E-state index in [1.165, 1.54) is 19.2 Å². The molecular formula is C13H16ClNO3. The SMILES string of the molecule is CNC(=O)c1ccc(Cl)c(C(=O)OC(C)(C)C)c1. The van der Waals surface area contributed by atoms with E-state index in [2.05, 4.69) is 5.32 Å². The molecule has 1 aromatic carbocycles. The molecule has 5 heteroatoms. The molecule has 0 aliphatic carbocycles. The average molecular weight is 270 g/mol. The number of carbonyl (C=O) groups is 2. The molecule has 0 radical (unpaired) electrons. The van der Waals surface area contributed by atoms with Gasteiger partial charge in [0.2, 0.25) is 0 Å². The molecule has 0 atom stereocenters. The number of esters is 1. The fraction of sp³-hybridized carbons (Fsp3) is 0.385. The van der Waals surface area contributed by atoms with Crippen molar-refractivity contribution in [2.75, 3.05) is 7.05 Å². The number of ether oxygens (including phenoxy) is 1. The highest BCUT2D eigenvalue weighted by Crippen LogP contribution is 2.21. The van der Waals surface area contributed by atoms with Gasteiger partial charge in [-0.2, -0.15) is 0 Å². The van der Waals surface area contributed by atoms with Crippen LogP contribution in [-0.4, -0.2) is 24.5 Å². The van der Waals surface area contributed by atoms with Crippen LogP contribution in [0, 0.1) is 0 Å². The van der Waals surface area contributed by atoms with Gasteiger partial charge in [-0.3, -0.25) is 4.79 Å². The number of hydrogen-bond acceptors (Lipinski definition) is 3. The van der Waals surface area contributed by atoms with E-state index in [0.29, 0.717) is 5.56 Å². The highest BCUT2D eigenvalue weighted by Gasteiger charge is 2.21. The maximum atomic E-state index is 11.9. The van der Waals surface area contributed by atoms with Crippen LogP contribution in [0.15, 0.2) is 18.2 Å². The number of hydrogen-bond donors (Lipinski definition) is 1. The smallest absolute Gasteiger partial charge is 0.340 e. The fourth-order valence-corrected chi connectivity index (χ4v) is 1.50. The number of carbonyl (C=O) groups excluding carboxylic acids is 2. The first-order valence-electron chi connectivity index (χ1n) is 5.49. The predicted molar refractivity (Wildman–Crippen MR) is 70.0 cm³/mol. The van der Waals surface area contributed by atoms with E-state index in [-0.39, 0.29) is 16.5 Å². The Kier molecular flexibility index (Phi) is 4.35. The second kappa shape index (κ2) is 5.40. The van der Waals surface area contributed by atoms with Crippen molar-refractivity contribution < 1.29 is 14.3 Å². The van der Waals surface area contributed by atoms with Crippen molar-refractivity contribution in [2.24, 2.45) is 0 Å². The van der Waals surface area contributed by atoms with Gasteiger partial charge in [0.1, 0.15) is 5.60 Å². The number of halogens is 1. The van der Waals surface area contributed by atoms with Crippen LogP contribution in [0.1, 0.15) is 41.5 Å². The van der Waals surface area contributed by atoms with Gasteiger partial charge in [0.05, 0.1) is 10.6 Å². The largest absolute Gasteiger partial charge is 0.456 e. The zero-order chi connectivity index (χ0) is 13.9. The van der Waals surface area contributed by atoms with Gasteiger partial charge in [-0.05, 0) is 39.0 Å². The highest BCUT2D eigenvalue weighted by atomic mass is 35.5. The van der Waals surface area contributed by atoms with Gasteiger partial charge in [0, 0.05) is 12.6 Å². The standard InChI is InChI=1S/C13H16ClNO3/c1-13(2,3)18-12(17)9-7-8(11(16)15-4)5-6-10(9)14/h5-7H,1-4H3,(H,15,16). The van der Waals surface area contributed by atoms with Gasteiger partial charge >= 0.3 is 5.97 Å². The summed E-state index contributed by atoms with van der Waals surface area (Å²) in [6, 6.07) is 4.48. The van der Waals surface area contributed by atoms with Crippen LogP contribution in [0.25, 0.3) is 0 Å². The van der Waals surface area contributed by atoms with Crippen LogP contribution in [0.3, 0.4) is 0 Å². The Labute approximate surface area is 111 Å². The molecule has 0 bridgehead atoms. The van der Waals surface area contributed by atoms with Crippen LogP contribution in [0.4, 0.5) is 0 Å². The zero-order valence-corrected chi connectivity index (χ0v) is 11.6. The van der Waals surface area contributed by atoms with E-state index < -0.39 is 11.6 Å². The first kappa shape index (κ1) is 14.5. The molecule has 1 aromatic rings. The van der Waals surface area contributed by atoms with E-state index in [1.54, 1.807) is 26.8 Å². The molecule has 0 aromatic heterocycles. The Hall–Kier alpha value is -1.55. The highest BCUT2D eigenvalue weighted by molar-refractivity contribution is 6.33. The van der Waals surface area contributed by atoms with Crippen LogP contribution in [-0.2, 0) is 4.74 Å². The molecule has 0 fully saturated rings. The Morgan fingerprint density at radius 2 is 1.89 bits per heavy atom.